The van der Waals surface area contributed by atoms with E-state index in [-0.39, 0.29) is 11.9 Å². The number of ether oxygens (including phenoxy) is 2. The van der Waals surface area contributed by atoms with E-state index in [1.165, 1.54) is 7.11 Å². The first kappa shape index (κ1) is 21.5. The molecule has 1 N–H and O–H groups in total. The lowest BCUT2D eigenvalue weighted by atomic mass is 10.0. The average Bonchev–Trinajstić information content (AvgIpc) is 2.58. The summed E-state index contributed by atoms with van der Waals surface area (Å²) < 4.78 is 13.0. The first-order chi connectivity index (χ1) is 12.2. The number of phenolic OH excluding ortho intramolecular Hbond substituents is 1. The molecule has 0 saturated carbocycles. The molecule has 0 aliphatic heterocycles. The smallest absolute Gasteiger partial charge is 0.305 e. The average molecular weight is 598 g/mol. The molecule has 0 aliphatic rings. The molecule has 0 spiro atoms. The van der Waals surface area contributed by atoms with Crippen molar-refractivity contribution in [2.75, 3.05) is 7.11 Å². The molecule has 0 saturated heterocycles. The standard InChI is InChI=1S/C19H19Br2IO4/c1-10(2)13-8-12(9-16(22)18(13)24)26-19-14(20)6-11(7-15(19)21)4-5-17(23)25-3/h6-10,24H,4-5H2,1-3H3. The topological polar surface area (TPSA) is 55.8 Å². The van der Waals surface area contributed by atoms with E-state index in [1.54, 1.807) is 6.07 Å². The van der Waals surface area contributed by atoms with Crippen LogP contribution in [0.4, 0.5) is 0 Å². The predicted octanol–water partition coefficient (Wildman–Crippen LogP) is 6.54. The maximum absolute atomic E-state index is 11.3. The summed E-state index contributed by atoms with van der Waals surface area (Å²) in [6, 6.07) is 7.51. The maximum atomic E-state index is 11.3. The van der Waals surface area contributed by atoms with Gasteiger partial charge in [0, 0.05) is 12.0 Å². The van der Waals surface area contributed by atoms with E-state index < -0.39 is 0 Å². The van der Waals surface area contributed by atoms with Gasteiger partial charge in [0.25, 0.3) is 0 Å². The Labute approximate surface area is 183 Å². The predicted molar refractivity (Wildman–Crippen MR) is 117 cm³/mol. The van der Waals surface area contributed by atoms with Gasteiger partial charge in [0.05, 0.1) is 19.6 Å². The van der Waals surface area contributed by atoms with E-state index in [2.05, 4.69) is 59.2 Å². The van der Waals surface area contributed by atoms with E-state index in [0.717, 1.165) is 23.6 Å². The number of carbonyl (C=O) groups is 1. The van der Waals surface area contributed by atoms with E-state index in [9.17, 15) is 9.90 Å². The van der Waals surface area contributed by atoms with Crippen molar-refractivity contribution in [1.82, 2.24) is 0 Å². The molecule has 7 heteroatoms. The van der Waals surface area contributed by atoms with Gasteiger partial charge in [-0.3, -0.25) is 4.79 Å². The van der Waals surface area contributed by atoms with Gasteiger partial charge in [0.2, 0.25) is 0 Å². The molecule has 2 rings (SSSR count). The van der Waals surface area contributed by atoms with Crippen LogP contribution in [-0.2, 0) is 16.0 Å². The highest BCUT2D eigenvalue weighted by molar-refractivity contribution is 14.1. The molecule has 2 aromatic carbocycles. The number of hydrogen-bond donors (Lipinski definition) is 1. The summed E-state index contributed by atoms with van der Waals surface area (Å²) in [7, 11) is 1.38. The highest BCUT2D eigenvalue weighted by Crippen LogP contribution is 2.41. The van der Waals surface area contributed by atoms with E-state index in [4.69, 9.17) is 4.74 Å². The Morgan fingerprint density at radius 1 is 1.19 bits per heavy atom. The maximum Gasteiger partial charge on any atom is 0.305 e. The zero-order valence-electron chi connectivity index (χ0n) is 14.6. The Hall–Kier alpha value is -0.800. The van der Waals surface area contributed by atoms with Gasteiger partial charge < -0.3 is 14.6 Å². The van der Waals surface area contributed by atoms with Crippen LogP contribution in [0.5, 0.6) is 17.2 Å². The van der Waals surface area contributed by atoms with Crippen LogP contribution in [0, 0.1) is 3.57 Å². The zero-order chi connectivity index (χ0) is 19.4. The van der Waals surface area contributed by atoms with E-state index in [0.29, 0.717) is 30.1 Å². The van der Waals surface area contributed by atoms with Crippen LogP contribution in [0.15, 0.2) is 33.2 Å². The first-order valence-electron chi connectivity index (χ1n) is 7.98. The number of methoxy groups -OCH3 is 1. The first-order valence-corrected chi connectivity index (χ1v) is 10.6. The Kier molecular flexibility index (Phi) is 7.78. The van der Waals surface area contributed by atoms with Gasteiger partial charge in [-0.1, -0.05) is 13.8 Å². The molecule has 0 aromatic heterocycles. The van der Waals surface area contributed by atoms with Crippen LogP contribution in [-0.4, -0.2) is 18.2 Å². The third kappa shape index (κ3) is 5.36. The lowest BCUT2D eigenvalue weighted by Gasteiger charge is -2.16. The van der Waals surface area contributed by atoms with Crippen molar-refractivity contribution >= 4 is 60.4 Å². The molecular weight excluding hydrogens is 579 g/mol. The monoisotopic (exact) mass is 596 g/mol. The summed E-state index contributed by atoms with van der Waals surface area (Å²) in [6.45, 7) is 4.05. The fourth-order valence-corrected chi connectivity index (χ4v) is 4.48. The van der Waals surface area contributed by atoms with Crippen molar-refractivity contribution in [1.29, 1.82) is 0 Å². The van der Waals surface area contributed by atoms with Gasteiger partial charge in [-0.25, -0.2) is 0 Å². The van der Waals surface area contributed by atoms with E-state index in [1.807, 2.05) is 32.0 Å². The summed E-state index contributed by atoms with van der Waals surface area (Å²) >= 11 is 9.17. The molecule has 0 radical (unpaired) electrons. The van der Waals surface area contributed by atoms with Crippen LogP contribution in [0.1, 0.15) is 37.3 Å². The second-order valence-electron chi connectivity index (χ2n) is 6.06. The van der Waals surface area contributed by atoms with Gasteiger partial charge in [0.1, 0.15) is 11.5 Å². The molecule has 0 unspecified atom stereocenters. The number of aromatic hydroxyl groups is 1. The molecule has 0 bridgehead atoms. The molecule has 2 aromatic rings. The number of benzene rings is 2. The van der Waals surface area contributed by atoms with Crippen LogP contribution in [0.25, 0.3) is 0 Å². The molecule has 0 fully saturated rings. The number of hydrogen-bond acceptors (Lipinski definition) is 4. The van der Waals surface area contributed by atoms with Crippen molar-refractivity contribution < 1.29 is 19.4 Å². The molecule has 0 atom stereocenters. The van der Waals surface area contributed by atoms with Crippen LogP contribution in [0.2, 0.25) is 0 Å². The SMILES string of the molecule is COC(=O)CCc1cc(Br)c(Oc2cc(I)c(O)c(C(C)C)c2)c(Br)c1. The molecule has 0 aliphatic carbocycles. The van der Waals surface area contributed by atoms with Gasteiger partial charge in [-0.15, -0.1) is 0 Å². The Morgan fingerprint density at radius 2 is 1.81 bits per heavy atom. The molecule has 0 amide bonds. The van der Waals surface area contributed by atoms with E-state index >= 15 is 0 Å². The lowest BCUT2D eigenvalue weighted by molar-refractivity contribution is -0.140. The highest BCUT2D eigenvalue weighted by Gasteiger charge is 2.15. The van der Waals surface area contributed by atoms with Gasteiger partial charge in [-0.2, -0.15) is 0 Å². The fraction of sp³-hybridized carbons (Fsp3) is 0.316. The third-order valence-corrected chi connectivity index (χ3v) is 5.81. The van der Waals surface area contributed by atoms with Crippen molar-refractivity contribution in [2.45, 2.75) is 32.6 Å². The number of carbonyl (C=O) groups excluding carboxylic acids is 1. The van der Waals surface area contributed by atoms with Gasteiger partial charge >= 0.3 is 5.97 Å². The number of aryl methyl sites for hydroxylation is 1. The molecule has 4 nitrogen and oxygen atoms in total. The number of phenols is 1. The van der Waals surface area contributed by atoms with Crippen LogP contribution in [0.3, 0.4) is 0 Å². The van der Waals surface area contributed by atoms with Gasteiger partial charge in [-0.05, 0) is 96.6 Å². The quantitative estimate of drug-likeness (QED) is 0.303. The number of rotatable bonds is 6. The van der Waals surface area contributed by atoms with Crippen molar-refractivity contribution in [3.05, 3.63) is 47.9 Å². The van der Waals surface area contributed by atoms with Crippen LogP contribution < -0.4 is 4.74 Å². The number of esters is 1. The van der Waals surface area contributed by atoms with Crippen molar-refractivity contribution in [3.63, 3.8) is 0 Å². The molecule has 140 valence electrons. The van der Waals surface area contributed by atoms with Crippen LogP contribution >= 0.6 is 54.5 Å². The zero-order valence-corrected chi connectivity index (χ0v) is 19.9. The molecule has 26 heavy (non-hydrogen) atoms. The summed E-state index contributed by atoms with van der Waals surface area (Å²) in [5.41, 5.74) is 1.83. The Balaban J connectivity index is 2.29. The largest absolute Gasteiger partial charge is 0.507 e. The molecular formula is C19H19Br2IO4. The minimum atomic E-state index is -0.238. The summed E-state index contributed by atoms with van der Waals surface area (Å²) in [5, 5.41) is 10.2. The minimum Gasteiger partial charge on any atom is -0.507 e. The molecule has 0 heterocycles. The fourth-order valence-electron chi connectivity index (χ4n) is 2.41. The number of halogens is 3. The summed E-state index contributed by atoms with van der Waals surface area (Å²) in [5.74, 6) is 1.53. The lowest BCUT2D eigenvalue weighted by Crippen LogP contribution is -2.02. The van der Waals surface area contributed by atoms with Crippen molar-refractivity contribution in [3.8, 4) is 17.2 Å². The minimum absolute atomic E-state index is 0.180. The Bertz CT molecular complexity index is 798. The van der Waals surface area contributed by atoms with Crippen molar-refractivity contribution in [2.24, 2.45) is 0 Å². The normalized spacial score (nSPS) is 10.9. The summed E-state index contributed by atoms with van der Waals surface area (Å²) in [6.07, 6.45) is 0.905. The summed E-state index contributed by atoms with van der Waals surface area (Å²) in [4.78, 5) is 11.3. The second-order valence-corrected chi connectivity index (χ2v) is 8.94. The Morgan fingerprint density at radius 3 is 2.35 bits per heavy atom. The van der Waals surface area contributed by atoms with Gasteiger partial charge in [0.15, 0.2) is 5.75 Å². The second kappa shape index (κ2) is 9.41. The highest BCUT2D eigenvalue weighted by atomic mass is 127. The third-order valence-electron chi connectivity index (χ3n) is 3.81.